The van der Waals surface area contributed by atoms with Crippen molar-refractivity contribution in [1.82, 2.24) is 4.98 Å². The molecule has 80 valence electrons. The maximum Gasteiger partial charge on any atom is 0.333 e. The molecule has 0 aromatic carbocycles. The van der Waals surface area contributed by atoms with Crippen molar-refractivity contribution in [2.24, 2.45) is 0 Å². The molecule has 1 aliphatic carbocycles. The number of aromatic nitrogens is 1. The number of carboxylic acid groups (broad SMARTS) is 1. The molecule has 0 amide bonds. The maximum absolute atomic E-state index is 10.8. The molecule has 0 aliphatic heterocycles. The number of carboxylic acids is 1. The van der Waals surface area contributed by atoms with Gasteiger partial charge < -0.3 is 10.2 Å². The van der Waals surface area contributed by atoms with Crippen molar-refractivity contribution in [3.8, 4) is 0 Å². The van der Waals surface area contributed by atoms with E-state index in [2.05, 4.69) is 4.98 Å². The van der Waals surface area contributed by atoms with Gasteiger partial charge in [-0.25, -0.2) is 4.79 Å². The summed E-state index contributed by atoms with van der Waals surface area (Å²) in [5, 5.41) is 18.5. The minimum atomic E-state index is -1.32. The molecule has 0 bridgehead atoms. The van der Waals surface area contributed by atoms with Crippen LogP contribution in [0.25, 0.3) is 0 Å². The second-order valence-corrected chi connectivity index (χ2v) is 4.03. The number of aliphatic hydroxyl groups excluding tert-OH is 1. The summed E-state index contributed by atoms with van der Waals surface area (Å²) in [4.78, 5) is 14.9. The second kappa shape index (κ2) is 3.31. The molecule has 1 aliphatic rings. The summed E-state index contributed by atoms with van der Waals surface area (Å²) in [5.41, 5.74) is 1.07. The quantitative estimate of drug-likeness (QED) is 0.771. The number of aryl methyl sites for hydroxylation is 1. The molecule has 1 saturated carbocycles. The minimum Gasteiger partial charge on any atom is -0.479 e. The van der Waals surface area contributed by atoms with E-state index < -0.39 is 17.5 Å². The first kappa shape index (κ1) is 10.1. The first-order chi connectivity index (χ1) is 7.08. The summed E-state index contributed by atoms with van der Waals surface area (Å²) in [5.74, 6) is -1.16. The van der Waals surface area contributed by atoms with Crippen molar-refractivity contribution in [3.05, 3.63) is 29.6 Å². The van der Waals surface area contributed by atoms with Crippen LogP contribution in [0.1, 0.15) is 24.1 Å². The van der Waals surface area contributed by atoms with Gasteiger partial charge in [-0.2, -0.15) is 0 Å². The maximum atomic E-state index is 10.8. The van der Waals surface area contributed by atoms with Crippen molar-refractivity contribution in [2.75, 3.05) is 0 Å². The topological polar surface area (TPSA) is 70.4 Å². The zero-order valence-electron chi connectivity index (χ0n) is 8.47. The van der Waals surface area contributed by atoms with E-state index in [-0.39, 0.29) is 0 Å². The van der Waals surface area contributed by atoms with E-state index in [4.69, 9.17) is 5.11 Å². The fourth-order valence-corrected chi connectivity index (χ4v) is 2.07. The number of aliphatic carboxylic acids is 1. The zero-order valence-corrected chi connectivity index (χ0v) is 8.47. The normalized spacial score (nSPS) is 19.6. The van der Waals surface area contributed by atoms with Gasteiger partial charge in [0.05, 0.1) is 0 Å². The first-order valence-corrected chi connectivity index (χ1v) is 4.91. The summed E-state index contributed by atoms with van der Waals surface area (Å²) in [7, 11) is 0. The van der Waals surface area contributed by atoms with Crippen LogP contribution in [0.3, 0.4) is 0 Å². The van der Waals surface area contributed by atoms with Gasteiger partial charge in [0.1, 0.15) is 0 Å². The van der Waals surface area contributed by atoms with Crippen LogP contribution in [0.4, 0.5) is 0 Å². The molecule has 4 nitrogen and oxygen atoms in total. The number of carbonyl (C=O) groups is 1. The molecule has 0 spiro atoms. The Kier molecular flexibility index (Phi) is 2.23. The van der Waals surface area contributed by atoms with Crippen LogP contribution >= 0.6 is 0 Å². The molecule has 1 heterocycles. The van der Waals surface area contributed by atoms with Crippen LogP contribution in [0, 0.1) is 6.92 Å². The Morgan fingerprint density at radius 2 is 2.27 bits per heavy atom. The Bertz CT molecular complexity index is 399. The Morgan fingerprint density at radius 1 is 1.60 bits per heavy atom. The summed E-state index contributed by atoms with van der Waals surface area (Å²) in [6.45, 7) is 1.84. The molecule has 0 saturated heterocycles. The smallest absolute Gasteiger partial charge is 0.333 e. The molecule has 1 aromatic rings. The number of aliphatic hydroxyl groups is 1. The first-order valence-electron chi connectivity index (χ1n) is 4.91. The van der Waals surface area contributed by atoms with Gasteiger partial charge in [-0.05, 0) is 31.4 Å². The fourth-order valence-electron chi connectivity index (χ4n) is 2.07. The highest BCUT2D eigenvalue weighted by Crippen LogP contribution is 2.51. The number of rotatable bonds is 3. The molecule has 15 heavy (non-hydrogen) atoms. The van der Waals surface area contributed by atoms with E-state index in [1.165, 1.54) is 0 Å². The van der Waals surface area contributed by atoms with Crippen LogP contribution in [0.2, 0.25) is 0 Å². The highest BCUT2D eigenvalue weighted by Gasteiger charge is 2.54. The predicted octanol–water partition coefficient (Wildman–Crippen LogP) is 0.867. The highest BCUT2D eigenvalue weighted by molar-refractivity contribution is 5.75. The average Bonchev–Trinajstić information content (AvgIpc) is 2.98. The number of hydrogen-bond donors (Lipinski definition) is 2. The van der Waals surface area contributed by atoms with Gasteiger partial charge in [-0.15, -0.1) is 0 Å². The largest absolute Gasteiger partial charge is 0.479 e. The molecule has 1 aromatic heterocycles. The molecule has 4 heteroatoms. The van der Waals surface area contributed by atoms with Crippen molar-refractivity contribution >= 4 is 5.97 Å². The predicted molar refractivity (Wildman–Crippen MR) is 53.5 cm³/mol. The van der Waals surface area contributed by atoms with Gasteiger partial charge in [-0.1, -0.05) is 6.07 Å². The van der Waals surface area contributed by atoms with Crippen LogP contribution in [-0.2, 0) is 10.2 Å². The van der Waals surface area contributed by atoms with E-state index in [1.807, 2.05) is 13.0 Å². The molecule has 1 atom stereocenters. The lowest BCUT2D eigenvalue weighted by Crippen LogP contribution is -2.34. The Labute approximate surface area is 87.6 Å². The van der Waals surface area contributed by atoms with Crippen LogP contribution in [0.5, 0.6) is 0 Å². The minimum absolute atomic E-state index is 0.593. The standard InChI is InChI=1S/C11H13NO3/c1-7-8(3-2-6-12-7)11(4-5-11)9(13)10(14)15/h2-3,6,9,13H,4-5H2,1H3,(H,14,15). The number of pyridine rings is 1. The van der Waals surface area contributed by atoms with Gasteiger partial charge >= 0.3 is 5.97 Å². The van der Waals surface area contributed by atoms with Crippen molar-refractivity contribution in [2.45, 2.75) is 31.3 Å². The van der Waals surface area contributed by atoms with E-state index in [1.54, 1.807) is 12.3 Å². The van der Waals surface area contributed by atoms with Gasteiger partial charge in [0.2, 0.25) is 0 Å². The van der Waals surface area contributed by atoms with Gasteiger partial charge in [0, 0.05) is 17.3 Å². The molecular weight excluding hydrogens is 194 g/mol. The monoisotopic (exact) mass is 207 g/mol. The molecular formula is C11H13NO3. The summed E-state index contributed by atoms with van der Waals surface area (Å²) < 4.78 is 0. The summed E-state index contributed by atoms with van der Waals surface area (Å²) in [6, 6.07) is 3.62. The lowest BCUT2D eigenvalue weighted by molar-refractivity contribution is -0.148. The fraction of sp³-hybridized carbons (Fsp3) is 0.455. The van der Waals surface area contributed by atoms with Crippen molar-refractivity contribution in [3.63, 3.8) is 0 Å². The Balaban J connectivity index is 2.39. The van der Waals surface area contributed by atoms with E-state index >= 15 is 0 Å². The molecule has 1 fully saturated rings. The molecule has 1 unspecified atom stereocenters. The Hall–Kier alpha value is -1.42. The van der Waals surface area contributed by atoms with E-state index in [0.29, 0.717) is 12.8 Å². The van der Waals surface area contributed by atoms with Crippen molar-refractivity contribution < 1.29 is 15.0 Å². The van der Waals surface area contributed by atoms with E-state index in [9.17, 15) is 9.90 Å². The summed E-state index contributed by atoms with van der Waals surface area (Å²) in [6.07, 6.45) is 1.78. The third-order valence-electron chi connectivity index (χ3n) is 3.09. The zero-order chi connectivity index (χ0) is 11.1. The van der Waals surface area contributed by atoms with Gasteiger partial charge in [0.25, 0.3) is 0 Å². The average molecular weight is 207 g/mol. The number of hydrogen-bond acceptors (Lipinski definition) is 3. The second-order valence-electron chi connectivity index (χ2n) is 4.03. The SMILES string of the molecule is Cc1ncccc1C1(C(O)C(=O)O)CC1. The molecule has 0 radical (unpaired) electrons. The van der Waals surface area contributed by atoms with Crippen LogP contribution in [0.15, 0.2) is 18.3 Å². The molecule has 2 rings (SSSR count). The van der Waals surface area contributed by atoms with E-state index in [0.717, 1.165) is 11.3 Å². The lowest BCUT2D eigenvalue weighted by atomic mass is 9.89. The number of nitrogens with zero attached hydrogens (tertiary/aromatic N) is 1. The third kappa shape index (κ3) is 1.51. The molecule has 2 N–H and O–H groups in total. The van der Waals surface area contributed by atoms with Gasteiger partial charge in [0.15, 0.2) is 6.10 Å². The van der Waals surface area contributed by atoms with Crippen molar-refractivity contribution in [1.29, 1.82) is 0 Å². The Morgan fingerprint density at radius 3 is 2.73 bits per heavy atom. The van der Waals surface area contributed by atoms with Crippen LogP contribution < -0.4 is 0 Å². The lowest BCUT2D eigenvalue weighted by Gasteiger charge is -2.20. The van der Waals surface area contributed by atoms with Gasteiger partial charge in [-0.3, -0.25) is 4.98 Å². The summed E-state index contributed by atoms with van der Waals surface area (Å²) >= 11 is 0. The highest BCUT2D eigenvalue weighted by atomic mass is 16.4. The van der Waals surface area contributed by atoms with Crippen LogP contribution in [-0.4, -0.2) is 27.3 Å². The third-order valence-corrected chi connectivity index (χ3v) is 3.09.